The normalized spacial score (nSPS) is 22.4. The Labute approximate surface area is 162 Å². The van der Waals surface area contributed by atoms with Gasteiger partial charge in [-0.3, -0.25) is 9.59 Å². The molecule has 2 saturated carbocycles. The van der Waals surface area contributed by atoms with Gasteiger partial charge < -0.3 is 10.1 Å². The number of rotatable bonds is 5. The Morgan fingerprint density at radius 3 is 2.79 bits per heavy atom. The number of nitrogens with zero attached hydrogens (tertiary/aromatic N) is 2. The molecule has 0 aliphatic heterocycles. The highest BCUT2D eigenvalue weighted by Gasteiger charge is 2.59. The van der Waals surface area contributed by atoms with E-state index < -0.39 is 17.2 Å². The molecular weight excluding hydrogens is 361 g/mol. The van der Waals surface area contributed by atoms with Crippen molar-refractivity contribution in [3.8, 4) is 5.69 Å². The van der Waals surface area contributed by atoms with E-state index >= 15 is 0 Å². The highest BCUT2D eigenvalue weighted by atomic mass is 19.1. The SMILES string of the molecule is CCO[C@@H]1C[C@H](NC(=O)c2nn(-c3ccccc3F)c(C)cc2=O)C12CCC2. The zero-order valence-corrected chi connectivity index (χ0v) is 16.1. The van der Waals surface area contributed by atoms with Gasteiger partial charge in [-0.05, 0) is 45.2 Å². The third kappa shape index (κ3) is 2.94. The number of carbonyl (C=O) groups excluding carboxylic acids is 1. The van der Waals surface area contributed by atoms with Crippen molar-refractivity contribution in [1.82, 2.24) is 15.1 Å². The molecule has 0 bridgehead atoms. The molecule has 4 rings (SSSR count). The monoisotopic (exact) mass is 385 g/mol. The molecule has 2 aliphatic rings. The molecule has 2 aromatic rings. The van der Waals surface area contributed by atoms with E-state index in [0.29, 0.717) is 12.3 Å². The fourth-order valence-corrected chi connectivity index (χ4v) is 4.44. The summed E-state index contributed by atoms with van der Waals surface area (Å²) < 4.78 is 21.3. The van der Waals surface area contributed by atoms with Crippen molar-refractivity contribution >= 4 is 5.91 Å². The maximum absolute atomic E-state index is 14.2. The van der Waals surface area contributed by atoms with Crippen molar-refractivity contribution in [2.75, 3.05) is 6.61 Å². The van der Waals surface area contributed by atoms with Gasteiger partial charge in [0.2, 0.25) is 5.43 Å². The zero-order chi connectivity index (χ0) is 19.9. The van der Waals surface area contributed by atoms with Crippen molar-refractivity contribution in [2.24, 2.45) is 5.41 Å². The third-order valence-corrected chi connectivity index (χ3v) is 6.15. The molecule has 28 heavy (non-hydrogen) atoms. The molecule has 7 heteroatoms. The first-order valence-corrected chi connectivity index (χ1v) is 9.74. The van der Waals surface area contributed by atoms with E-state index in [-0.39, 0.29) is 28.9 Å². The van der Waals surface area contributed by atoms with Crippen LogP contribution in [0.3, 0.4) is 0 Å². The van der Waals surface area contributed by atoms with Crippen LogP contribution in [0.15, 0.2) is 35.1 Å². The molecule has 0 unspecified atom stereocenters. The molecule has 1 N–H and O–H groups in total. The van der Waals surface area contributed by atoms with Crippen molar-refractivity contribution in [3.63, 3.8) is 0 Å². The van der Waals surface area contributed by atoms with Crippen LogP contribution in [0.5, 0.6) is 0 Å². The first-order valence-electron chi connectivity index (χ1n) is 9.74. The van der Waals surface area contributed by atoms with Gasteiger partial charge in [-0.1, -0.05) is 18.6 Å². The van der Waals surface area contributed by atoms with Gasteiger partial charge >= 0.3 is 0 Å². The summed E-state index contributed by atoms with van der Waals surface area (Å²) in [6.45, 7) is 4.28. The molecule has 6 nitrogen and oxygen atoms in total. The largest absolute Gasteiger partial charge is 0.378 e. The van der Waals surface area contributed by atoms with Crippen LogP contribution in [0.25, 0.3) is 5.69 Å². The van der Waals surface area contributed by atoms with Crippen molar-refractivity contribution in [2.45, 2.75) is 51.7 Å². The predicted octanol–water partition coefficient (Wildman–Crippen LogP) is 2.76. The second-order valence-corrected chi connectivity index (χ2v) is 7.65. The summed E-state index contributed by atoms with van der Waals surface area (Å²) in [4.78, 5) is 25.2. The van der Waals surface area contributed by atoms with Crippen molar-refractivity contribution < 1.29 is 13.9 Å². The minimum Gasteiger partial charge on any atom is -0.378 e. The molecule has 1 aromatic heterocycles. The number of aryl methyl sites for hydroxylation is 1. The summed E-state index contributed by atoms with van der Waals surface area (Å²) in [5.41, 5.74) is -0.0400. The van der Waals surface area contributed by atoms with E-state index in [2.05, 4.69) is 10.4 Å². The van der Waals surface area contributed by atoms with E-state index in [1.54, 1.807) is 25.1 Å². The lowest BCUT2D eigenvalue weighted by Gasteiger charge is -2.60. The Kier molecular flexibility index (Phi) is 4.79. The summed E-state index contributed by atoms with van der Waals surface area (Å²) in [6.07, 6.45) is 4.07. The smallest absolute Gasteiger partial charge is 0.276 e. The Morgan fingerprint density at radius 1 is 1.39 bits per heavy atom. The molecule has 1 spiro atoms. The van der Waals surface area contributed by atoms with Crippen LogP contribution in [0.2, 0.25) is 0 Å². The van der Waals surface area contributed by atoms with Crippen molar-refractivity contribution in [1.29, 1.82) is 0 Å². The highest BCUT2D eigenvalue weighted by Crippen LogP contribution is 2.57. The van der Waals surface area contributed by atoms with Gasteiger partial charge in [-0.2, -0.15) is 5.10 Å². The zero-order valence-electron chi connectivity index (χ0n) is 16.1. The van der Waals surface area contributed by atoms with E-state index in [4.69, 9.17) is 4.74 Å². The molecule has 148 valence electrons. The van der Waals surface area contributed by atoms with E-state index in [1.807, 2.05) is 6.92 Å². The number of ether oxygens (including phenoxy) is 1. The van der Waals surface area contributed by atoms with Gasteiger partial charge in [0.1, 0.15) is 11.5 Å². The predicted molar refractivity (Wildman–Crippen MR) is 102 cm³/mol. The maximum Gasteiger partial charge on any atom is 0.276 e. The van der Waals surface area contributed by atoms with E-state index in [9.17, 15) is 14.0 Å². The first-order chi connectivity index (χ1) is 13.5. The van der Waals surface area contributed by atoms with Crippen LogP contribution in [0.4, 0.5) is 4.39 Å². The number of halogens is 1. The number of aromatic nitrogens is 2. The quantitative estimate of drug-likeness (QED) is 0.859. The van der Waals surface area contributed by atoms with Crippen LogP contribution >= 0.6 is 0 Å². The molecular formula is C21H24FN3O3. The van der Waals surface area contributed by atoms with Crippen LogP contribution in [0.1, 0.15) is 48.8 Å². The van der Waals surface area contributed by atoms with Gasteiger partial charge in [0, 0.05) is 29.8 Å². The molecule has 0 saturated heterocycles. The van der Waals surface area contributed by atoms with Gasteiger partial charge in [0.15, 0.2) is 5.69 Å². The average molecular weight is 385 g/mol. The Balaban J connectivity index is 1.59. The molecule has 1 amide bonds. The molecule has 2 fully saturated rings. The number of hydrogen-bond acceptors (Lipinski definition) is 4. The fraction of sp³-hybridized carbons (Fsp3) is 0.476. The molecule has 2 atom stereocenters. The lowest BCUT2D eigenvalue weighted by molar-refractivity contribution is -0.169. The minimum absolute atomic E-state index is 0.0130. The number of hydrogen-bond donors (Lipinski definition) is 1. The Hall–Kier alpha value is -2.54. The number of benzene rings is 1. The maximum atomic E-state index is 14.2. The van der Waals surface area contributed by atoms with Crippen molar-refractivity contribution in [3.05, 3.63) is 57.8 Å². The summed E-state index contributed by atoms with van der Waals surface area (Å²) in [6, 6.07) is 7.43. The Morgan fingerprint density at radius 2 is 2.14 bits per heavy atom. The van der Waals surface area contributed by atoms with Gasteiger partial charge in [0.25, 0.3) is 5.91 Å². The van der Waals surface area contributed by atoms with Gasteiger partial charge in [-0.15, -0.1) is 0 Å². The highest BCUT2D eigenvalue weighted by molar-refractivity contribution is 5.92. The minimum atomic E-state index is -0.513. The number of carbonyl (C=O) groups is 1. The topological polar surface area (TPSA) is 73.2 Å². The fourth-order valence-electron chi connectivity index (χ4n) is 4.44. The number of amides is 1. The second kappa shape index (κ2) is 7.13. The summed E-state index contributed by atoms with van der Waals surface area (Å²) >= 11 is 0. The number of para-hydroxylation sites is 1. The van der Waals surface area contributed by atoms with E-state index in [0.717, 1.165) is 25.7 Å². The van der Waals surface area contributed by atoms with Crippen LogP contribution in [0, 0.1) is 18.2 Å². The Bertz CT molecular complexity index is 968. The first kappa shape index (κ1) is 18.8. The third-order valence-electron chi connectivity index (χ3n) is 6.15. The summed E-state index contributed by atoms with van der Waals surface area (Å²) in [5, 5.41) is 7.16. The lowest BCUT2D eigenvalue weighted by Crippen LogP contribution is -2.67. The lowest BCUT2D eigenvalue weighted by atomic mass is 9.51. The molecule has 1 aromatic carbocycles. The van der Waals surface area contributed by atoms with E-state index in [1.165, 1.54) is 16.8 Å². The van der Waals surface area contributed by atoms with Crippen LogP contribution < -0.4 is 10.7 Å². The van der Waals surface area contributed by atoms with Gasteiger partial charge in [0.05, 0.1) is 6.10 Å². The standard InChI is InChI=1S/C21H24FN3O3/c1-3-28-18-12-17(21(18)9-6-10-21)23-20(27)19-16(26)11-13(2)25(24-19)15-8-5-4-7-14(15)22/h4-5,7-8,11,17-18H,3,6,9-10,12H2,1-2H3,(H,23,27)/t17-,18+/m0/s1. The molecule has 0 radical (unpaired) electrons. The summed E-state index contributed by atoms with van der Waals surface area (Å²) in [7, 11) is 0. The average Bonchev–Trinajstić information content (AvgIpc) is 2.60. The molecule has 2 aliphatic carbocycles. The number of nitrogens with one attached hydrogen (secondary N) is 1. The van der Waals surface area contributed by atoms with Gasteiger partial charge in [-0.25, -0.2) is 9.07 Å². The van der Waals surface area contributed by atoms with Crippen LogP contribution in [-0.2, 0) is 4.74 Å². The second-order valence-electron chi connectivity index (χ2n) is 7.65. The van der Waals surface area contributed by atoms with Crippen LogP contribution in [-0.4, -0.2) is 34.4 Å². The summed E-state index contributed by atoms with van der Waals surface area (Å²) in [5.74, 6) is -0.985. The molecule has 1 heterocycles.